The number of nitrogens with one attached hydrogen (secondary N) is 1. The second kappa shape index (κ2) is 28.2. The zero-order valence-electron chi connectivity index (χ0n) is 43.5. The maximum absolute atomic E-state index is 14.2. The molecule has 9 unspecified atom stereocenters. The summed E-state index contributed by atoms with van der Waals surface area (Å²) >= 11 is 0. The van der Waals surface area contributed by atoms with E-state index in [2.05, 4.69) is 20.2 Å². The van der Waals surface area contributed by atoms with Gasteiger partial charge < -0.3 is 84.0 Å². The van der Waals surface area contributed by atoms with Gasteiger partial charge in [-0.1, -0.05) is 60.5 Å². The van der Waals surface area contributed by atoms with Crippen LogP contribution in [0.2, 0.25) is 0 Å². The highest BCUT2D eigenvalue weighted by molar-refractivity contribution is 7.47. The van der Waals surface area contributed by atoms with Crippen LogP contribution in [0.4, 0.5) is 5.69 Å². The molecule has 0 bridgehead atoms. The molecule has 3 fully saturated rings. The van der Waals surface area contributed by atoms with E-state index in [0.717, 1.165) is 38.9 Å². The van der Waals surface area contributed by atoms with Gasteiger partial charge in [0, 0.05) is 37.7 Å². The van der Waals surface area contributed by atoms with Crippen molar-refractivity contribution >= 4 is 37.3 Å². The zero-order valence-corrected chi connectivity index (χ0v) is 44.4. The molecule has 2 saturated heterocycles. The summed E-state index contributed by atoms with van der Waals surface area (Å²) in [4.78, 5) is 64.1. The van der Waals surface area contributed by atoms with Crippen LogP contribution in [0.5, 0.6) is 0 Å². The number of aliphatic hydroxyl groups is 7. The summed E-state index contributed by atoms with van der Waals surface area (Å²) in [5, 5.41) is 88.5. The molecule has 4 heterocycles. The predicted octanol–water partition coefficient (Wildman–Crippen LogP) is -0.0147. The third kappa shape index (κ3) is 14.6. The Hall–Kier alpha value is -4.65. The number of phosphoric acid groups is 1. The van der Waals surface area contributed by atoms with E-state index in [1.54, 1.807) is 16.0 Å². The Morgan fingerprint density at radius 3 is 2.05 bits per heavy atom. The van der Waals surface area contributed by atoms with Crippen molar-refractivity contribution in [2.24, 2.45) is 22.2 Å². The average Bonchev–Trinajstić information content (AvgIpc) is 3.90. The highest BCUT2D eigenvalue weighted by atomic mass is 31.2. The zero-order chi connectivity index (χ0) is 56.3. The first-order valence-corrected chi connectivity index (χ1v) is 27.4. The lowest BCUT2D eigenvalue weighted by molar-refractivity contribution is -0.327. The standard InChI is InChI=1S/C50H72N5O22P/c1-69-47(65)30-22-33(34(23-31(30)48(66)70-2)75-50-46(64)43(61)41(59)35(25-56)76-50)73-26-36-42(60)44(62)45(63)49(77-36)72-21-19-55-40-29-14-8-9-15-32(29)54(24-27-12-6-7-13-28(27)39(40)52-53-55)38(58)17-16-37(57)51-18-10-4-5-11-20-74-78(67,68)71-3/h6-9,12-15,30-31,33-36,39-46,49-50,56,59-64H,4-5,10-11,16-26H2,1-3H3,(H,51,57)(H,67,68)/t30?,31-,33-,34?,35?,36?,39?,40?,41+,42+,43-,44-,45?,46?,49-,50-/m0/s1. The van der Waals surface area contributed by atoms with Gasteiger partial charge in [0.1, 0.15) is 60.9 Å². The van der Waals surface area contributed by atoms with E-state index in [-0.39, 0.29) is 63.8 Å². The number of hydrogen-bond donors (Lipinski definition) is 9. The summed E-state index contributed by atoms with van der Waals surface area (Å²) in [6.45, 7) is -0.758. The number of esters is 2. The highest BCUT2D eigenvalue weighted by Gasteiger charge is 2.52. The van der Waals surface area contributed by atoms with Crippen molar-refractivity contribution < 1.29 is 107 Å². The summed E-state index contributed by atoms with van der Waals surface area (Å²) < 4.78 is 60.5. The smallest absolute Gasteiger partial charge is 0.469 e. The minimum absolute atomic E-state index is 0.0450. The summed E-state index contributed by atoms with van der Waals surface area (Å²) in [7, 11) is -0.674. The molecular formula is C50H72N5O22P. The Kier molecular flexibility index (Phi) is 22.0. The Bertz CT molecular complexity index is 2410. The van der Waals surface area contributed by atoms with Gasteiger partial charge in [0.05, 0.1) is 77.8 Å². The maximum atomic E-state index is 14.2. The van der Waals surface area contributed by atoms with Crippen LogP contribution in [-0.2, 0) is 72.5 Å². The number of benzene rings is 2. The van der Waals surface area contributed by atoms with Crippen LogP contribution in [0.1, 0.15) is 80.1 Å². The molecule has 28 heteroatoms. The molecule has 5 aliphatic rings. The predicted molar refractivity (Wildman–Crippen MR) is 266 cm³/mol. The van der Waals surface area contributed by atoms with Gasteiger partial charge >= 0.3 is 19.8 Å². The van der Waals surface area contributed by atoms with Gasteiger partial charge in [0.2, 0.25) is 11.8 Å². The number of methoxy groups -OCH3 is 2. The van der Waals surface area contributed by atoms with Gasteiger partial charge in [-0.25, -0.2) is 4.57 Å². The maximum Gasteiger partial charge on any atom is 0.471 e. The van der Waals surface area contributed by atoms with Crippen LogP contribution in [0.3, 0.4) is 0 Å². The average molecular weight is 1130 g/mol. The Balaban J connectivity index is 0.989. The molecule has 27 nitrogen and oxygen atoms in total. The molecule has 17 atom stereocenters. The van der Waals surface area contributed by atoms with E-state index in [4.69, 9.17) is 37.7 Å². The van der Waals surface area contributed by atoms with Crippen molar-refractivity contribution in [1.82, 2.24) is 10.3 Å². The molecular weight excluding hydrogens is 1050 g/mol. The van der Waals surface area contributed by atoms with Crippen molar-refractivity contribution in [3.05, 3.63) is 65.2 Å². The highest BCUT2D eigenvalue weighted by Crippen LogP contribution is 2.48. The fraction of sp³-hybridized carbons (Fsp3) is 0.680. The normalized spacial score (nSPS) is 32.4. The topological polar surface area (TPSA) is 373 Å². The lowest BCUT2D eigenvalue weighted by atomic mass is 9.76. The summed E-state index contributed by atoms with van der Waals surface area (Å²) in [6, 6.07) is 13.8. The SMILES string of the molecule is COC(=O)C1C[C@H](OCC2O[C@H](OCCN3N=NC4c5ccccc5CN(C(=O)CCC(=O)NCCCCCCOP(=O)(O)OC)c5ccccc5C43)C(O)[C@@H](O)[C@@H]2O)C(O[C@H]2OC(CO)[C@@H](O)[C@H](O)C2O)C[C@@H]1C(=O)OC. The Morgan fingerprint density at radius 2 is 1.36 bits per heavy atom. The van der Waals surface area contributed by atoms with Gasteiger partial charge in [0.25, 0.3) is 0 Å². The van der Waals surface area contributed by atoms with Crippen molar-refractivity contribution in [2.45, 2.75) is 144 Å². The number of anilines is 1. The fourth-order valence-electron chi connectivity index (χ4n) is 10.4. The van der Waals surface area contributed by atoms with E-state index in [0.29, 0.717) is 37.1 Å². The molecule has 78 heavy (non-hydrogen) atoms. The molecule has 0 spiro atoms. The monoisotopic (exact) mass is 1130 g/mol. The van der Waals surface area contributed by atoms with Crippen LogP contribution in [0.15, 0.2) is 58.9 Å². The number of fused-ring (bicyclic) bond motifs is 5. The van der Waals surface area contributed by atoms with Crippen LogP contribution in [-0.4, -0.2) is 204 Å². The molecule has 4 aliphatic heterocycles. The van der Waals surface area contributed by atoms with Crippen molar-refractivity contribution in [3.8, 4) is 0 Å². The minimum atomic E-state index is -4.02. The quantitative estimate of drug-likeness (QED) is 0.0379. The third-order valence-electron chi connectivity index (χ3n) is 14.7. The van der Waals surface area contributed by atoms with Crippen LogP contribution >= 0.6 is 7.82 Å². The van der Waals surface area contributed by atoms with Gasteiger partial charge in [-0.05, 0) is 42.9 Å². The Morgan fingerprint density at radius 1 is 0.731 bits per heavy atom. The second-order valence-electron chi connectivity index (χ2n) is 19.6. The molecule has 1 aliphatic carbocycles. The lowest BCUT2D eigenvalue weighted by Gasteiger charge is -2.45. The fourth-order valence-corrected chi connectivity index (χ4v) is 10.8. The summed E-state index contributed by atoms with van der Waals surface area (Å²) in [6.07, 6.45) is -17.0. The van der Waals surface area contributed by atoms with Crippen molar-refractivity contribution in [3.63, 3.8) is 0 Å². The van der Waals surface area contributed by atoms with Crippen LogP contribution in [0, 0.1) is 11.8 Å². The molecule has 434 valence electrons. The Labute approximate surface area is 449 Å². The molecule has 0 radical (unpaired) electrons. The number of phosphoric ester groups is 1. The number of unbranched alkanes of at least 4 members (excludes halogenated alkanes) is 3. The van der Waals surface area contributed by atoms with E-state index in [1.807, 2.05) is 42.5 Å². The van der Waals surface area contributed by atoms with Gasteiger partial charge in [-0.3, -0.25) is 33.2 Å². The lowest BCUT2D eigenvalue weighted by Crippen LogP contribution is -2.61. The van der Waals surface area contributed by atoms with E-state index < -0.39 is 131 Å². The third-order valence-corrected chi connectivity index (χ3v) is 15.7. The van der Waals surface area contributed by atoms with E-state index in [9.17, 15) is 64.4 Å². The van der Waals surface area contributed by atoms with Crippen molar-refractivity contribution in [1.29, 1.82) is 0 Å². The van der Waals surface area contributed by atoms with E-state index in [1.165, 1.54) is 0 Å². The molecule has 2 amide bonds. The number of rotatable bonds is 24. The number of hydrogen-bond acceptors (Lipinski definition) is 24. The molecule has 2 aromatic rings. The number of para-hydroxylation sites is 1. The first-order valence-electron chi connectivity index (χ1n) is 25.9. The number of amides is 2. The summed E-state index contributed by atoms with van der Waals surface area (Å²) in [5.41, 5.74) is 2.93. The first-order chi connectivity index (χ1) is 37.4. The van der Waals surface area contributed by atoms with Gasteiger partial charge in [-0.15, -0.1) is 0 Å². The second-order valence-corrected chi connectivity index (χ2v) is 21.2. The number of carbonyl (C=O) groups excluding carboxylic acids is 4. The first kappa shape index (κ1) is 61.0. The van der Waals surface area contributed by atoms with Crippen molar-refractivity contribution in [2.75, 3.05) is 65.7 Å². The molecule has 0 aromatic heterocycles. The van der Waals surface area contributed by atoms with Gasteiger partial charge in [-0.2, -0.15) is 5.11 Å². The number of aliphatic hydroxyl groups excluding tert-OH is 7. The molecule has 9 N–H and O–H groups in total. The number of nitrogens with zero attached hydrogens (tertiary/aromatic N) is 4. The summed E-state index contributed by atoms with van der Waals surface area (Å²) in [5.74, 6) is -4.42. The molecule has 7 rings (SSSR count). The number of carbonyl (C=O) groups is 4. The molecule has 1 saturated carbocycles. The number of ether oxygens (including phenoxy) is 7. The van der Waals surface area contributed by atoms with Gasteiger partial charge in [0.15, 0.2) is 12.6 Å². The van der Waals surface area contributed by atoms with E-state index >= 15 is 0 Å². The van der Waals surface area contributed by atoms with Crippen LogP contribution in [0.25, 0.3) is 0 Å². The van der Waals surface area contributed by atoms with Crippen LogP contribution < -0.4 is 10.2 Å². The molecule has 2 aromatic carbocycles. The largest absolute Gasteiger partial charge is 0.471 e. The minimum Gasteiger partial charge on any atom is -0.469 e.